The number of carboxylic acids is 1. The van der Waals surface area contributed by atoms with E-state index >= 15 is 0 Å². The smallest absolute Gasteiger partial charge is 0.306 e. The summed E-state index contributed by atoms with van der Waals surface area (Å²) < 4.78 is 0. The minimum atomic E-state index is -1.04. The normalized spacial score (nSPS) is 14.2. The number of carboxylic acid groups (broad SMARTS) is 1. The minimum Gasteiger partial charge on any atom is -0.481 e. The van der Waals surface area contributed by atoms with Crippen molar-refractivity contribution in [2.75, 3.05) is 13.2 Å². The van der Waals surface area contributed by atoms with Crippen molar-refractivity contribution < 1.29 is 20.1 Å². The predicted molar refractivity (Wildman–Crippen MR) is 62.5 cm³/mol. The highest BCUT2D eigenvalue weighted by Crippen LogP contribution is 2.11. The lowest BCUT2D eigenvalue weighted by atomic mass is 10.1. The lowest BCUT2D eigenvalue weighted by Gasteiger charge is -2.18. The Morgan fingerprint density at radius 3 is 2.47 bits per heavy atom. The Labute approximate surface area is 99.7 Å². The maximum absolute atomic E-state index is 10.4. The molecule has 0 saturated heterocycles. The van der Waals surface area contributed by atoms with E-state index < -0.39 is 12.1 Å². The predicted octanol–water partition coefficient (Wildman–Crippen LogP) is 0.145. The van der Waals surface area contributed by atoms with E-state index in [2.05, 4.69) is 5.32 Å². The molecule has 0 radical (unpaired) electrons. The molecule has 0 spiro atoms. The van der Waals surface area contributed by atoms with Gasteiger partial charge in [-0.15, -0.1) is 0 Å². The van der Waals surface area contributed by atoms with Gasteiger partial charge in [0.15, 0.2) is 0 Å². The van der Waals surface area contributed by atoms with Crippen LogP contribution in [0.25, 0.3) is 0 Å². The van der Waals surface area contributed by atoms with Crippen LogP contribution >= 0.6 is 0 Å². The molecule has 0 saturated carbocycles. The molecular weight excluding hydrogens is 222 g/mol. The average molecular weight is 239 g/mol. The molecule has 0 heterocycles. The minimum absolute atomic E-state index is 0.107. The number of aliphatic hydroxyl groups is 2. The van der Waals surface area contributed by atoms with Crippen molar-refractivity contribution in [1.29, 1.82) is 0 Å². The van der Waals surface area contributed by atoms with Gasteiger partial charge in [-0.1, -0.05) is 30.3 Å². The van der Waals surface area contributed by atoms with Gasteiger partial charge >= 0.3 is 5.97 Å². The molecular formula is C12H17NO4. The number of aliphatic hydroxyl groups excluding tert-OH is 2. The van der Waals surface area contributed by atoms with Gasteiger partial charge in [-0.3, -0.25) is 4.79 Å². The van der Waals surface area contributed by atoms with E-state index in [1.54, 1.807) is 0 Å². The van der Waals surface area contributed by atoms with E-state index in [9.17, 15) is 15.0 Å². The van der Waals surface area contributed by atoms with Gasteiger partial charge in [-0.05, 0) is 5.56 Å². The van der Waals surface area contributed by atoms with Gasteiger partial charge in [-0.25, -0.2) is 0 Å². The summed E-state index contributed by atoms with van der Waals surface area (Å²) in [5, 5.41) is 30.0. The van der Waals surface area contributed by atoms with Crippen LogP contribution in [0.2, 0.25) is 0 Å². The molecule has 5 nitrogen and oxygen atoms in total. The van der Waals surface area contributed by atoms with E-state index in [4.69, 9.17) is 5.11 Å². The monoisotopic (exact) mass is 239 g/mol. The van der Waals surface area contributed by atoms with Crippen molar-refractivity contribution in [1.82, 2.24) is 5.32 Å². The van der Waals surface area contributed by atoms with Crippen molar-refractivity contribution >= 4 is 5.97 Å². The molecule has 2 unspecified atom stereocenters. The second kappa shape index (κ2) is 7.01. The fraction of sp³-hybridized carbons (Fsp3) is 0.417. The molecule has 1 aromatic carbocycles. The third kappa shape index (κ3) is 4.95. The van der Waals surface area contributed by atoms with Crippen LogP contribution in [0.5, 0.6) is 0 Å². The number of rotatable bonds is 7. The van der Waals surface area contributed by atoms with Crippen molar-refractivity contribution in [2.45, 2.75) is 18.6 Å². The number of benzene rings is 1. The van der Waals surface area contributed by atoms with Crippen molar-refractivity contribution in [2.24, 2.45) is 0 Å². The molecule has 0 fully saturated rings. The summed E-state index contributed by atoms with van der Waals surface area (Å²) in [6.07, 6.45) is -1.26. The highest BCUT2D eigenvalue weighted by atomic mass is 16.4. The molecule has 1 rings (SSSR count). The zero-order valence-electron chi connectivity index (χ0n) is 9.41. The third-order valence-electron chi connectivity index (χ3n) is 2.39. The summed E-state index contributed by atoms with van der Waals surface area (Å²) >= 11 is 0. The van der Waals surface area contributed by atoms with E-state index in [1.165, 1.54) is 0 Å². The molecule has 0 aliphatic rings. The maximum Gasteiger partial charge on any atom is 0.306 e. The fourth-order valence-electron chi connectivity index (χ4n) is 1.53. The summed E-state index contributed by atoms with van der Waals surface area (Å²) in [5.74, 6) is -1.04. The van der Waals surface area contributed by atoms with Gasteiger partial charge in [0.2, 0.25) is 0 Å². The van der Waals surface area contributed by atoms with Gasteiger partial charge in [0.1, 0.15) is 0 Å². The summed E-state index contributed by atoms with van der Waals surface area (Å²) in [5.41, 5.74) is 0.900. The Morgan fingerprint density at radius 1 is 1.29 bits per heavy atom. The Bertz CT molecular complexity index is 342. The maximum atomic E-state index is 10.4. The molecule has 0 bridgehead atoms. The molecule has 0 aromatic heterocycles. The fourth-order valence-corrected chi connectivity index (χ4v) is 1.53. The Hall–Kier alpha value is -1.43. The topological polar surface area (TPSA) is 89.8 Å². The lowest BCUT2D eigenvalue weighted by molar-refractivity contribution is -0.139. The van der Waals surface area contributed by atoms with Gasteiger partial charge in [0.25, 0.3) is 0 Å². The van der Waals surface area contributed by atoms with Crippen molar-refractivity contribution in [3.63, 3.8) is 0 Å². The summed E-state index contributed by atoms with van der Waals surface area (Å²) in [6.45, 7) is 0.0240. The number of hydrogen-bond acceptors (Lipinski definition) is 4. The first-order chi connectivity index (χ1) is 8.13. The second-order valence-corrected chi connectivity index (χ2v) is 3.81. The molecule has 94 valence electrons. The van der Waals surface area contributed by atoms with E-state index in [1.807, 2.05) is 30.3 Å². The van der Waals surface area contributed by atoms with Crippen LogP contribution < -0.4 is 5.32 Å². The summed E-state index contributed by atoms with van der Waals surface area (Å²) in [4.78, 5) is 10.4. The highest BCUT2D eigenvalue weighted by molar-refractivity contribution is 5.67. The van der Waals surface area contributed by atoms with Gasteiger partial charge < -0.3 is 20.6 Å². The van der Waals surface area contributed by atoms with Crippen LogP contribution in [-0.2, 0) is 4.79 Å². The zero-order chi connectivity index (χ0) is 12.7. The standard InChI is InChI=1S/C12H17NO4/c14-8-11(9-4-2-1-3-5-9)13-7-10(15)6-12(16)17/h1-5,10-11,13-15H,6-8H2,(H,16,17). The molecule has 17 heavy (non-hydrogen) atoms. The van der Waals surface area contributed by atoms with Crippen LogP contribution in [0, 0.1) is 0 Å². The number of aliphatic carboxylic acids is 1. The molecule has 0 aliphatic carbocycles. The Kier molecular flexibility index (Phi) is 5.62. The summed E-state index contributed by atoms with van der Waals surface area (Å²) in [7, 11) is 0. The van der Waals surface area contributed by atoms with E-state index in [0.717, 1.165) is 5.56 Å². The van der Waals surface area contributed by atoms with Crippen LogP contribution in [-0.4, -0.2) is 40.5 Å². The van der Waals surface area contributed by atoms with Crippen LogP contribution in [0.4, 0.5) is 0 Å². The van der Waals surface area contributed by atoms with E-state index in [0.29, 0.717) is 0 Å². The zero-order valence-corrected chi connectivity index (χ0v) is 9.41. The van der Waals surface area contributed by atoms with Gasteiger partial charge in [-0.2, -0.15) is 0 Å². The molecule has 5 heteroatoms. The first kappa shape index (κ1) is 13.6. The Morgan fingerprint density at radius 2 is 1.94 bits per heavy atom. The largest absolute Gasteiger partial charge is 0.481 e. The molecule has 0 amide bonds. The number of carbonyl (C=O) groups is 1. The quantitative estimate of drug-likeness (QED) is 0.543. The number of hydrogen-bond donors (Lipinski definition) is 4. The highest BCUT2D eigenvalue weighted by Gasteiger charge is 2.13. The molecule has 4 N–H and O–H groups in total. The first-order valence-corrected chi connectivity index (χ1v) is 5.42. The van der Waals surface area contributed by atoms with Crippen molar-refractivity contribution in [3.8, 4) is 0 Å². The van der Waals surface area contributed by atoms with Gasteiger partial charge in [0.05, 0.1) is 25.2 Å². The SMILES string of the molecule is O=C(O)CC(O)CNC(CO)c1ccccc1. The second-order valence-electron chi connectivity index (χ2n) is 3.81. The third-order valence-corrected chi connectivity index (χ3v) is 2.39. The summed E-state index contributed by atoms with van der Waals surface area (Å²) in [6, 6.07) is 9.01. The molecule has 1 aromatic rings. The molecule has 0 aliphatic heterocycles. The molecule has 2 atom stereocenters. The Balaban J connectivity index is 2.46. The van der Waals surface area contributed by atoms with Crippen LogP contribution in [0.1, 0.15) is 18.0 Å². The van der Waals surface area contributed by atoms with E-state index in [-0.39, 0.29) is 25.6 Å². The average Bonchev–Trinajstić information content (AvgIpc) is 2.30. The van der Waals surface area contributed by atoms with Crippen LogP contribution in [0.15, 0.2) is 30.3 Å². The lowest BCUT2D eigenvalue weighted by Crippen LogP contribution is -2.33. The van der Waals surface area contributed by atoms with Crippen molar-refractivity contribution in [3.05, 3.63) is 35.9 Å². The van der Waals surface area contributed by atoms with Crippen LogP contribution in [0.3, 0.4) is 0 Å². The number of nitrogens with one attached hydrogen (secondary N) is 1. The van der Waals surface area contributed by atoms with Gasteiger partial charge in [0, 0.05) is 6.54 Å². The first-order valence-electron chi connectivity index (χ1n) is 5.42.